The lowest BCUT2D eigenvalue weighted by Crippen LogP contribution is -2.48. The summed E-state index contributed by atoms with van der Waals surface area (Å²) >= 11 is 6.29. The Kier molecular flexibility index (Phi) is 7.16. The van der Waals surface area contributed by atoms with E-state index in [4.69, 9.17) is 11.6 Å². The third-order valence-electron chi connectivity index (χ3n) is 7.15. The second kappa shape index (κ2) is 10.4. The van der Waals surface area contributed by atoms with Crippen LogP contribution in [0.1, 0.15) is 36.1 Å². The lowest BCUT2D eigenvalue weighted by Gasteiger charge is -2.41. The van der Waals surface area contributed by atoms with Gasteiger partial charge in [0.05, 0.1) is 15.6 Å². The van der Waals surface area contributed by atoms with Crippen LogP contribution in [-0.4, -0.2) is 24.2 Å². The first-order valence-corrected chi connectivity index (χ1v) is 14.3. The minimum atomic E-state index is -3.87. The lowest BCUT2D eigenvalue weighted by molar-refractivity contribution is 0.352. The molecule has 3 aromatic carbocycles. The van der Waals surface area contributed by atoms with E-state index in [1.807, 2.05) is 61.1 Å². The number of aromatic nitrogens is 2. The number of halogens is 2. The average Bonchev–Trinajstić information content (AvgIpc) is 3.37. The highest BCUT2D eigenvalue weighted by molar-refractivity contribution is 7.92. The Balaban J connectivity index is 1.62. The van der Waals surface area contributed by atoms with Gasteiger partial charge in [-0.25, -0.2) is 12.8 Å². The second-order valence-electron chi connectivity index (χ2n) is 9.86. The van der Waals surface area contributed by atoms with Crippen LogP contribution in [-0.2, 0) is 23.0 Å². The summed E-state index contributed by atoms with van der Waals surface area (Å²) in [6.07, 6.45) is 6.17. The van der Waals surface area contributed by atoms with E-state index in [9.17, 15) is 12.8 Å². The molecular formula is C30H29ClFN3O2S. The fourth-order valence-electron chi connectivity index (χ4n) is 5.21. The van der Waals surface area contributed by atoms with Gasteiger partial charge in [-0.15, -0.1) is 0 Å². The van der Waals surface area contributed by atoms with Crippen LogP contribution in [0, 0.1) is 18.7 Å². The molecule has 0 amide bonds. The zero-order chi connectivity index (χ0) is 27.0. The highest BCUT2D eigenvalue weighted by Crippen LogP contribution is 2.40. The second-order valence-corrected chi connectivity index (χ2v) is 12.1. The summed E-state index contributed by atoms with van der Waals surface area (Å²) in [6, 6.07) is 18.9. The van der Waals surface area contributed by atoms with Crippen molar-refractivity contribution in [1.82, 2.24) is 9.78 Å². The molecule has 0 saturated carbocycles. The van der Waals surface area contributed by atoms with Crippen molar-refractivity contribution in [2.24, 2.45) is 5.92 Å². The van der Waals surface area contributed by atoms with Crippen LogP contribution >= 0.6 is 11.6 Å². The van der Waals surface area contributed by atoms with Gasteiger partial charge in [-0.2, -0.15) is 5.10 Å². The zero-order valence-corrected chi connectivity index (χ0v) is 23.0. The molecule has 8 heteroatoms. The van der Waals surface area contributed by atoms with Crippen molar-refractivity contribution in [2.75, 3.05) is 4.31 Å². The molecular weight excluding hydrogens is 521 g/mol. The van der Waals surface area contributed by atoms with E-state index in [1.54, 1.807) is 47.8 Å². The third kappa shape index (κ3) is 5.00. The van der Waals surface area contributed by atoms with E-state index in [-0.39, 0.29) is 16.9 Å². The van der Waals surface area contributed by atoms with Crippen molar-refractivity contribution in [3.63, 3.8) is 0 Å². The third-order valence-corrected chi connectivity index (χ3v) is 9.36. The average molecular weight is 550 g/mol. The molecule has 4 aromatic rings. The van der Waals surface area contributed by atoms with Crippen LogP contribution in [0.15, 0.2) is 84.0 Å². The van der Waals surface area contributed by atoms with E-state index < -0.39 is 15.8 Å². The maximum Gasteiger partial charge on any atom is 0.264 e. The Morgan fingerprint density at radius 1 is 1.13 bits per heavy atom. The molecule has 1 aliphatic rings. The number of allylic oxidation sites excluding steroid dienone is 1. The number of benzene rings is 3. The molecule has 38 heavy (non-hydrogen) atoms. The summed E-state index contributed by atoms with van der Waals surface area (Å²) in [5.41, 5.74) is 4.21. The van der Waals surface area contributed by atoms with Gasteiger partial charge in [0.1, 0.15) is 5.82 Å². The molecule has 0 radical (unpaired) electrons. The van der Waals surface area contributed by atoms with Gasteiger partial charge in [-0.05, 0) is 85.9 Å². The number of hydrogen-bond acceptors (Lipinski definition) is 3. The topological polar surface area (TPSA) is 55.2 Å². The molecule has 2 heterocycles. The molecule has 5 nitrogen and oxygen atoms in total. The molecule has 196 valence electrons. The van der Waals surface area contributed by atoms with E-state index in [0.29, 0.717) is 34.8 Å². The standard InChI is InChI=1S/C30H29ClFN3O2S/c1-20-7-4-8-26(15-20)38(36,37)35-22(3)25(19-34-14-6-13-33-34)18-24-12-11-23(17-29(24)35)16-21(2)30-27(31)9-5-10-28(30)32/h4-17,22,25H,18-19H2,1-3H3/b21-16+/t22-,25+/m1/s1. The number of fused-ring (bicyclic) bond motifs is 1. The summed E-state index contributed by atoms with van der Waals surface area (Å²) in [6.45, 7) is 6.23. The van der Waals surface area contributed by atoms with Crippen LogP contribution in [0.2, 0.25) is 5.02 Å². The normalized spacial score (nSPS) is 17.9. The Morgan fingerprint density at radius 3 is 2.63 bits per heavy atom. The Hall–Kier alpha value is -3.42. The van der Waals surface area contributed by atoms with Crippen molar-refractivity contribution in [3.05, 3.63) is 112 Å². The molecule has 1 aliphatic heterocycles. The van der Waals surface area contributed by atoms with Crippen molar-refractivity contribution in [1.29, 1.82) is 0 Å². The SMILES string of the molecule is C/C(=C\c1ccc2c(c1)N(S(=O)(=O)c1cccc(C)c1)[C@H](C)[C@H](Cn1cccn1)C2)c1c(F)cccc1Cl. The number of hydrogen-bond donors (Lipinski definition) is 0. The monoisotopic (exact) mass is 549 g/mol. The van der Waals surface area contributed by atoms with Crippen LogP contribution in [0.3, 0.4) is 0 Å². The zero-order valence-electron chi connectivity index (χ0n) is 21.5. The minimum Gasteiger partial charge on any atom is -0.272 e. The number of nitrogens with zero attached hydrogens (tertiary/aromatic N) is 3. The molecule has 0 aliphatic carbocycles. The summed E-state index contributed by atoms with van der Waals surface area (Å²) in [4.78, 5) is 0.255. The summed E-state index contributed by atoms with van der Waals surface area (Å²) in [7, 11) is -3.87. The maximum atomic E-state index is 14.5. The van der Waals surface area contributed by atoms with Crippen molar-refractivity contribution in [3.8, 4) is 0 Å². The van der Waals surface area contributed by atoms with Gasteiger partial charge in [-0.3, -0.25) is 8.99 Å². The molecule has 0 bridgehead atoms. The summed E-state index contributed by atoms with van der Waals surface area (Å²) < 4.78 is 46.2. The van der Waals surface area contributed by atoms with Gasteiger partial charge in [-0.1, -0.05) is 48.0 Å². The highest BCUT2D eigenvalue weighted by Gasteiger charge is 2.39. The molecule has 0 fully saturated rings. The maximum absolute atomic E-state index is 14.5. The van der Waals surface area contributed by atoms with E-state index in [2.05, 4.69) is 5.10 Å². The van der Waals surface area contributed by atoms with E-state index >= 15 is 0 Å². The van der Waals surface area contributed by atoms with E-state index in [1.165, 1.54) is 6.07 Å². The van der Waals surface area contributed by atoms with Gasteiger partial charge in [0.15, 0.2) is 0 Å². The lowest BCUT2D eigenvalue weighted by atomic mass is 9.87. The smallest absolute Gasteiger partial charge is 0.264 e. The van der Waals surface area contributed by atoms with E-state index in [0.717, 1.165) is 16.7 Å². The summed E-state index contributed by atoms with van der Waals surface area (Å²) in [5.74, 6) is -0.384. The number of anilines is 1. The first kappa shape index (κ1) is 26.2. The van der Waals surface area contributed by atoms with Gasteiger partial charge in [0.25, 0.3) is 10.0 Å². The van der Waals surface area contributed by atoms with Crippen molar-refractivity contribution in [2.45, 2.75) is 44.7 Å². The predicted molar refractivity (Wildman–Crippen MR) is 151 cm³/mol. The highest BCUT2D eigenvalue weighted by atomic mass is 35.5. The van der Waals surface area contributed by atoms with Crippen LogP contribution in [0.4, 0.5) is 10.1 Å². The van der Waals surface area contributed by atoms with Crippen LogP contribution < -0.4 is 4.31 Å². The number of aryl methyl sites for hydroxylation is 1. The fourth-order valence-corrected chi connectivity index (χ4v) is 7.38. The Morgan fingerprint density at radius 2 is 1.92 bits per heavy atom. The summed E-state index contributed by atoms with van der Waals surface area (Å²) in [5, 5.41) is 4.68. The van der Waals surface area contributed by atoms with Crippen molar-refractivity contribution < 1.29 is 12.8 Å². The fraction of sp³-hybridized carbons (Fsp3) is 0.233. The van der Waals surface area contributed by atoms with Gasteiger partial charge in [0.2, 0.25) is 0 Å². The predicted octanol–water partition coefficient (Wildman–Crippen LogP) is 7.00. The van der Waals surface area contributed by atoms with Crippen LogP contribution in [0.25, 0.3) is 11.6 Å². The molecule has 0 N–H and O–H groups in total. The molecule has 0 saturated heterocycles. The molecule has 5 rings (SSSR count). The van der Waals surface area contributed by atoms with Crippen molar-refractivity contribution >= 4 is 39.0 Å². The van der Waals surface area contributed by atoms with Gasteiger partial charge >= 0.3 is 0 Å². The number of rotatable bonds is 6. The molecule has 0 unspecified atom stereocenters. The first-order valence-electron chi connectivity index (χ1n) is 12.5. The largest absolute Gasteiger partial charge is 0.272 e. The number of sulfonamides is 1. The minimum absolute atomic E-state index is 0.0160. The Labute approximate surface area is 228 Å². The molecule has 1 aromatic heterocycles. The quantitative estimate of drug-likeness (QED) is 0.243. The van der Waals surface area contributed by atoms with Gasteiger partial charge in [0, 0.05) is 36.5 Å². The first-order chi connectivity index (χ1) is 18.1. The van der Waals surface area contributed by atoms with Crippen LogP contribution in [0.5, 0.6) is 0 Å². The van der Waals surface area contributed by atoms with Gasteiger partial charge < -0.3 is 0 Å². The molecule has 0 spiro atoms. The Bertz CT molecular complexity index is 1600. The molecule has 2 atom stereocenters.